The van der Waals surface area contributed by atoms with Crippen LogP contribution in [0.1, 0.15) is 6.92 Å². The van der Waals surface area contributed by atoms with E-state index in [4.69, 9.17) is 5.73 Å². The number of hydrogen-bond acceptors (Lipinski definition) is 2. The molecule has 0 aliphatic heterocycles. The maximum Gasteiger partial charge on any atom is 0.0111 e. The quantitative estimate of drug-likeness (QED) is 0.432. The fraction of sp³-hybridized carbons (Fsp3) is 0.667. The average Bonchev–Trinajstić information content (AvgIpc) is 1.36. The summed E-state index contributed by atoms with van der Waals surface area (Å²) in [5, 5.41) is 9.93. The van der Waals surface area contributed by atoms with E-state index in [9.17, 15) is 5.11 Å². The molecule has 0 rings (SSSR count). The SMILES string of the molecule is C[C@H](N)C([O-])=P. The molecule has 36 valence electrons. The molecule has 0 aromatic heterocycles. The molecule has 0 bridgehead atoms. The van der Waals surface area contributed by atoms with Gasteiger partial charge in [0.1, 0.15) is 0 Å². The van der Waals surface area contributed by atoms with Crippen molar-refractivity contribution in [3.63, 3.8) is 0 Å². The van der Waals surface area contributed by atoms with Gasteiger partial charge in [0, 0.05) is 6.04 Å². The maximum atomic E-state index is 9.93. The molecule has 0 spiro atoms. The molecule has 0 aromatic rings. The molecule has 1 atom stereocenters. The van der Waals surface area contributed by atoms with Crippen molar-refractivity contribution < 1.29 is 5.11 Å². The van der Waals surface area contributed by atoms with Gasteiger partial charge >= 0.3 is 0 Å². The van der Waals surface area contributed by atoms with Gasteiger partial charge in [-0.1, -0.05) is 0 Å². The van der Waals surface area contributed by atoms with Crippen molar-refractivity contribution in [3.8, 4) is 0 Å². The Hall–Kier alpha value is 0.0900. The van der Waals surface area contributed by atoms with Crippen LogP contribution in [0.2, 0.25) is 0 Å². The van der Waals surface area contributed by atoms with Crippen molar-refractivity contribution in [2.45, 2.75) is 13.0 Å². The van der Waals surface area contributed by atoms with Crippen LogP contribution in [0.15, 0.2) is 0 Å². The number of hydrogen-bond donors (Lipinski definition) is 1. The molecule has 2 N–H and O–H groups in total. The summed E-state index contributed by atoms with van der Waals surface area (Å²) in [5.41, 5.74) is 4.88. The standard InChI is InChI=1S/C3H8NOP/c1-2(4)3(5)6/h2,5-6H,4H2,1H3/p-1/t2-/m0/s1. The first-order valence-corrected chi connectivity index (χ1v) is 2.15. The molecule has 0 aliphatic rings. The summed E-state index contributed by atoms with van der Waals surface area (Å²) in [6.07, 6.45) is 0. The Morgan fingerprint density at radius 3 is 2.17 bits per heavy atom. The Morgan fingerprint density at radius 1 is 2.00 bits per heavy atom. The van der Waals surface area contributed by atoms with Crippen LogP contribution in [0.3, 0.4) is 0 Å². The van der Waals surface area contributed by atoms with E-state index < -0.39 is 0 Å². The van der Waals surface area contributed by atoms with Crippen molar-refractivity contribution in [2.24, 2.45) is 5.73 Å². The molecule has 0 aromatic carbocycles. The fourth-order valence-electron chi connectivity index (χ4n) is 0. The third-order valence-electron chi connectivity index (χ3n) is 0.414. The van der Waals surface area contributed by atoms with E-state index in [1.54, 1.807) is 6.92 Å². The molecule has 0 heterocycles. The monoisotopic (exact) mass is 104 g/mol. The van der Waals surface area contributed by atoms with E-state index in [0.29, 0.717) is 0 Å². The molecule has 0 aliphatic carbocycles. The zero-order valence-electron chi connectivity index (χ0n) is 3.56. The van der Waals surface area contributed by atoms with Gasteiger partial charge in [0.2, 0.25) is 0 Å². The lowest BCUT2D eigenvalue weighted by Crippen LogP contribution is -2.34. The molecule has 6 heavy (non-hydrogen) atoms. The van der Waals surface area contributed by atoms with Crippen molar-refractivity contribution in [2.75, 3.05) is 0 Å². The summed E-state index contributed by atoms with van der Waals surface area (Å²) >= 11 is 0. The summed E-state index contributed by atoms with van der Waals surface area (Å²) in [5.74, 6) is 0. The highest BCUT2D eigenvalue weighted by Gasteiger charge is 1.80. The van der Waals surface area contributed by atoms with Crippen molar-refractivity contribution in [1.29, 1.82) is 0 Å². The Balaban J connectivity index is 3.26. The van der Waals surface area contributed by atoms with E-state index in [-0.39, 0.29) is 11.5 Å². The Kier molecular flexibility index (Phi) is 2.33. The highest BCUT2D eigenvalue weighted by molar-refractivity contribution is 7.20. The number of rotatable bonds is 1. The first-order chi connectivity index (χ1) is 2.64. The molecule has 0 radical (unpaired) electrons. The maximum absolute atomic E-state index is 9.93. The largest absolute Gasteiger partial charge is 0.826 e. The lowest BCUT2D eigenvalue weighted by atomic mass is 10.4. The average molecular weight is 104 g/mol. The van der Waals surface area contributed by atoms with E-state index in [2.05, 4.69) is 8.86 Å². The predicted molar refractivity (Wildman–Crippen MR) is 27.0 cm³/mol. The van der Waals surface area contributed by atoms with Crippen molar-refractivity contribution in [3.05, 3.63) is 0 Å². The van der Waals surface area contributed by atoms with Gasteiger partial charge in [0.15, 0.2) is 0 Å². The van der Waals surface area contributed by atoms with E-state index in [1.807, 2.05) is 0 Å². The van der Waals surface area contributed by atoms with Crippen LogP contribution in [0.4, 0.5) is 0 Å². The first-order valence-electron chi connectivity index (χ1n) is 1.65. The van der Waals surface area contributed by atoms with Gasteiger partial charge in [-0.2, -0.15) is 0 Å². The Labute approximate surface area is 39.2 Å². The van der Waals surface area contributed by atoms with E-state index in [0.717, 1.165) is 0 Å². The minimum absolute atomic E-state index is 0.157. The van der Waals surface area contributed by atoms with Crippen LogP contribution in [-0.2, 0) is 0 Å². The highest BCUT2D eigenvalue weighted by Crippen LogP contribution is 1.72. The minimum Gasteiger partial charge on any atom is -0.826 e. The van der Waals surface area contributed by atoms with E-state index >= 15 is 0 Å². The summed E-state index contributed by atoms with van der Waals surface area (Å²) in [4.78, 5) is 0. The van der Waals surface area contributed by atoms with Crippen LogP contribution < -0.4 is 10.8 Å². The predicted octanol–water partition coefficient (Wildman–Crippen LogP) is -1.03. The van der Waals surface area contributed by atoms with Gasteiger partial charge in [-0.15, -0.1) is 14.3 Å². The molecule has 2 nitrogen and oxygen atoms in total. The van der Waals surface area contributed by atoms with Gasteiger partial charge < -0.3 is 10.8 Å². The minimum atomic E-state index is -0.373. The zero-order chi connectivity index (χ0) is 5.15. The van der Waals surface area contributed by atoms with E-state index in [1.165, 1.54) is 0 Å². The van der Waals surface area contributed by atoms with Gasteiger partial charge in [-0.25, -0.2) is 0 Å². The van der Waals surface area contributed by atoms with Gasteiger partial charge in [0.25, 0.3) is 0 Å². The number of nitrogens with two attached hydrogens (primary N) is 1. The second kappa shape index (κ2) is 2.30. The Morgan fingerprint density at radius 2 is 2.17 bits per heavy atom. The van der Waals surface area contributed by atoms with Crippen molar-refractivity contribution in [1.82, 2.24) is 0 Å². The molecule has 0 unspecified atom stereocenters. The summed E-state index contributed by atoms with van der Waals surface area (Å²) < 4.78 is 0. The normalized spacial score (nSPS) is 13.8. The molecular weight excluding hydrogens is 97.0 g/mol. The molecule has 0 fully saturated rings. The second-order valence-corrected chi connectivity index (χ2v) is 1.65. The van der Waals surface area contributed by atoms with Gasteiger partial charge in [-0.3, -0.25) is 0 Å². The second-order valence-electron chi connectivity index (χ2n) is 1.15. The van der Waals surface area contributed by atoms with Crippen LogP contribution in [0.5, 0.6) is 0 Å². The van der Waals surface area contributed by atoms with Gasteiger partial charge in [-0.05, 0) is 6.92 Å². The summed E-state index contributed by atoms with van der Waals surface area (Å²) in [6, 6.07) is -0.373. The van der Waals surface area contributed by atoms with Gasteiger partial charge in [0.05, 0.1) is 0 Å². The Bertz CT molecular complexity index is 61.8. The third kappa shape index (κ3) is 2.33. The van der Waals surface area contributed by atoms with Crippen molar-refractivity contribution >= 4 is 14.3 Å². The van der Waals surface area contributed by atoms with Crippen LogP contribution in [0, 0.1) is 0 Å². The first kappa shape index (κ1) is 6.09. The molecular formula is C3H7NOP-. The van der Waals surface area contributed by atoms with Crippen LogP contribution >= 0.6 is 8.86 Å². The third-order valence-corrected chi connectivity index (χ3v) is 0.869. The van der Waals surface area contributed by atoms with Crippen LogP contribution in [-0.4, -0.2) is 11.5 Å². The molecule has 0 saturated carbocycles. The lowest BCUT2D eigenvalue weighted by molar-refractivity contribution is -0.213. The fourth-order valence-corrected chi connectivity index (χ4v) is 0. The summed E-state index contributed by atoms with van der Waals surface area (Å²) in [7, 11) is 2.72. The highest BCUT2D eigenvalue weighted by atomic mass is 31.0. The smallest absolute Gasteiger partial charge is 0.0111 e. The summed E-state index contributed by atoms with van der Waals surface area (Å²) in [6.45, 7) is 1.62. The topological polar surface area (TPSA) is 49.1 Å². The molecule has 0 amide bonds. The molecule has 3 heteroatoms. The molecule has 0 saturated heterocycles. The lowest BCUT2D eigenvalue weighted by Gasteiger charge is -2.10. The van der Waals surface area contributed by atoms with Crippen LogP contribution in [0.25, 0.3) is 0 Å². The zero-order valence-corrected chi connectivity index (χ0v) is 4.56.